The molecule has 0 aliphatic heterocycles. The largest absolute Gasteiger partial charge is 0.470 e. The van der Waals surface area contributed by atoms with E-state index in [2.05, 4.69) is 5.10 Å². The molecule has 0 aliphatic carbocycles. The van der Waals surface area contributed by atoms with E-state index < -0.39 is 5.82 Å². The average molecular weight is 276 g/mol. The number of halogens is 3. The summed E-state index contributed by atoms with van der Waals surface area (Å²) in [5, 5.41) is 4.43. The number of hydrogen-bond acceptors (Lipinski definition) is 3. The Balaban J connectivity index is 2.07. The number of nitrogens with zero attached hydrogens (tertiary/aromatic N) is 2. The lowest BCUT2D eigenvalue weighted by atomic mass is 10.3. The summed E-state index contributed by atoms with van der Waals surface area (Å²) >= 11 is 11.5. The predicted octanol–water partition coefficient (Wildman–Crippen LogP) is 2.95. The van der Waals surface area contributed by atoms with E-state index in [-0.39, 0.29) is 17.6 Å². The highest BCUT2D eigenvalue weighted by molar-refractivity contribution is 6.32. The Morgan fingerprint density at radius 2 is 2.12 bits per heavy atom. The topological polar surface area (TPSA) is 53.1 Å². The SMILES string of the molecule is Nc1nn(COc2ccc(F)cc2Cl)cc1Cl. The molecule has 0 aliphatic rings. The molecule has 4 nitrogen and oxygen atoms in total. The maximum atomic E-state index is 12.8. The van der Waals surface area contributed by atoms with Crippen molar-refractivity contribution in [3.63, 3.8) is 0 Å². The third kappa shape index (κ3) is 2.81. The number of rotatable bonds is 3. The summed E-state index contributed by atoms with van der Waals surface area (Å²) in [6.45, 7) is 0.0856. The van der Waals surface area contributed by atoms with Crippen LogP contribution < -0.4 is 10.5 Å². The van der Waals surface area contributed by atoms with Gasteiger partial charge in [-0.25, -0.2) is 9.07 Å². The van der Waals surface area contributed by atoms with Crippen molar-refractivity contribution >= 4 is 29.0 Å². The number of nitrogens with two attached hydrogens (primary N) is 1. The summed E-state index contributed by atoms with van der Waals surface area (Å²) in [6, 6.07) is 3.86. The van der Waals surface area contributed by atoms with Gasteiger partial charge >= 0.3 is 0 Å². The highest BCUT2D eigenvalue weighted by Crippen LogP contribution is 2.25. The Bertz CT molecular complexity index is 525. The van der Waals surface area contributed by atoms with Crippen LogP contribution in [0.2, 0.25) is 10.0 Å². The molecule has 2 rings (SSSR count). The highest BCUT2D eigenvalue weighted by Gasteiger charge is 2.05. The number of benzene rings is 1. The van der Waals surface area contributed by atoms with Gasteiger partial charge in [0.05, 0.1) is 5.02 Å². The molecule has 1 aromatic carbocycles. The first-order valence-corrected chi connectivity index (χ1v) is 5.38. The quantitative estimate of drug-likeness (QED) is 0.937. The smallest absolute Gasteiger partial charge is 0.181 e. The van der Waals surface area contributed by atoms with Gasteiger partial charge in [-0.05, 0) is 18.2 Å². The fourth-order valence-electron chi connectivity index (χ4n) is 1.21. The van der Waals surface area contributed by atoms with Crippen molar-refractivity contribution in [1.29, 1.82) is 0 Å². The van der Waals surface area contributed by atoms with Crippen molar-refractivity contribution in [2.75, 3.05) is 5.73 Å². The Morgan fingerprint density at radius 3 is 2.71 bits per heavy atom. The standard InChI is InChI=1S/C10H8Cl2FN3O/c11-7-3-6(13)1-2-9(7)17-5-16-4-8(12)10(14)15-16/h1-4H,5H2,(H2,14,15). The molecule has 0 amide bonds. The fraction of sp³-hybridized carbons (Fsp3) is 0.100. The van der Waals surface area contributed by atoms with Crippen LogP contribution in [0.25, 0.3) is 0 Å². The van der Waals surface area contributed by atoms with Crippen LogP contribution in [0, 0.1) is 5.82 Å². The lowest BCUT2D eigenvalue weighted by Crippen LogP contribution is -2.06. The monoisotopic (exact) mass is 275 g/mol. The van der Waals surface area contributed by atoms with Gasteiger partial charge in [0.15, 0.2) is 12.5 Å². The zero-order valence-corrected chi connectivity index (χ0v) is 10.0. The molecule has 0 unspecified atom stereocenters. The first-order chi connectivity index (χ1) is 8.06. The Kier molecular flexibility index (Phi) is 3.40. The van der Waals surface area contributed by atoms with E-state index in [4.69, 9.17) is 33.7 Å². The third-order valence-corrected chi connectivity index (χ3v) is 2.58. The Hall–Kier alpha value is -1.46. The van der Waals surface area contributed by atoms with Gasteiger partial charge < -0.3 is 10.5 Å². The maximum Gasteiger partial charge on any atom is 0.181 e. The van der Waals surface area contributed by atoms with E-state index in [0.29, 0.717) is 10.8 Å². The van der Waals surface area contributed by atoms with E-state index in [0.717, 1.165) is 0 Å². The molecule has 1 aromatic heterocycles. The van der Waals surface area contributed by atoms with E-state index in [1.54, 1.807) is 0 Å². The molecule has 0 spiro atoms. The minimum absolute atomic E-state index is 0.0856. The number of aromatic nitrogens is 2. The zero-order valence-electron chi connectivity index (χ0n) is 8.53. The summed E-state index contributed by atoms with van der Waals surface area (Å²) in [7, 11) is 0. The molecule has 90 valence electrons. The molecular weight excluding hydrogens is 268 g/mol. The number of nitrogen functional groups attached to an aromatic ring is 1. The summed E-state index contributed by atoms with van der Waals surface area (Å²) in [6.07, 6.45) is 1.52. The Labute approximate surface area is 107 Å². The van der Waals surface area contributed by atoms with Crippen LogP contribution >= 0.6 is 23.2 Å². The van der Waals surface area contributed by atoms with Gasteiger partial charge in [0.25, 0.3) is 0 Å². The molecule has 1 heterocycles. The molecule has 0 bridgehead atoms. The molecule has 2 aromatic rings. The number of anilines is 1. The predicted molar refractivity (Wildman–Crippen MR) is 63.7 cm³/mol. The van der Waals surface area contributed by atoms with Gasteiger partial charge in [-0.1, -0.05) is 23.2 Å². The van der Waals surface area contributed by atoms with Crippen LogP contribution in [0.5, 0.6) is 5.75 Å². The second-order valence-electron chi connectivity index (χ2n) is 3.25. The molecule has 0 saturated carbocycles. The fourth-order valence-corrected chi connectivity index (χ4v) is 1.58. The molecular formula is C10H8Cl2FN3O. The molecule has 0 fully saturated rings. The van der Waals surface area contributed by atoms with Crippen LogP contribution in [0.4, 0.5) is 10.2 Å². The summed E-state index contributed by atoms with van der Waals surface area (Å²) in [5.74, 6) is 0.160. The van der Waals surface area contributed by atoms with Crippen molar-refractivity contribution in [2.45, 2.75) is 6.73 Å². The van der Waals surface area contributed by atoms with Crippen LogP contribution in [0.1, 0.15) is 0 Å². The molecule has 17 heavy (non-hydrogen) atoms. The first-order valence-electron chi connectivity index (χ1n) is 4.62. The highest BCUT2D eigenvalue weighted by atomic mass is 35.5. The summed E-state index contributed by atoms with van der Waals surface area (Å²) < 4.78 is 19.5. The molecule has 2 N–H and O–H groups in total. The van der Waals surface area contributed by atoms with Crippen LogP contribution in [-0.4, -0.2) is 9.78 Å². The van der Waals surface area contributed by atoms with Crippen LogP contribution in [0.3, 0.4) is 0 Å². The van der Waals surface area contributed by atoms with Crippen molar-refractivity contribution in [3.05, 3.63) is 40.3 Å². The van der Waals surface area contributed by atoms with Crippen LogP contribution in [0.15, 0.2) is 24.4 Å². The van der Waals surface area contributed by atoms with E-state index in [1.165, 1.54) is 29.1 Å². The van der Waals surface area contributed by atoms with Gasteiger partial charge in [-0.15, -0.1) is 0 Å². The van der Waals surface area contributed by atoms with Crippen LogP contribution in [-0.2, 0) is 6.73 Å². The van der Waals surface area contributed by atoms with Gasteiger partial charge in [-0.3, -0.25) is 0 Å². The normalized spacial score (nSPS) is 10.5. The lowest BCUT2D eigenvalue weighted by Gasteiger charge is -2.07. The van der Waals surface area contributed by atoms with Gasteiger partial charge in [0.2, 0.25) is 0 Å². The average Bonchev–Trinajstić information content (AvgIpc) is 2.57. The van der Waals surface area contributed by atoms with Gasteiger partial charge in [0.1, 0.15) is 16.6 Å². The second kappa shape index (κ2) is 4.81. The van der Waals surface area contributed by atoms with E-state index in [1.807, 2.05) is 0 Å². The molecule has 0 atom stereocenters. The summed E-state index contributed by atoms with van der Waals surface area (Å²) in [5.41, 5.74) is 5.46. The maximum absolute atomic E-state index is 12.8. The second-order valence-corrected chi connectivity index (χ2v) is 4.06. The van der Waals surface area contributed by atoms with E-state index in [9.17, 15) is 4.39 Å². The Morgan fingerprint density at radius 1 is 1.35 bits per heavy atom. The minimum atomic E-state index is -0.422. The zero-order chi connectivity index (χ0) is 12.4. The van der Waals surface area contributed by atoms with E-state index >= 15 is 0 Å². The number of ether oxygens (including phenoxy) is 1. The van der Waals surface area contributed by atoms with Gasteiger partial charge in [-0.2, -0.15) is 5.10 Å². The van der Waals surface area contributed by atoms with Crippen molar-refractivity contribution < 1.29 is 9.13 Å². The first kappa shape index (κ1) is 12.0. The summed E-state index contributed by atoms with van der Waals surface area (Å²) in [4.78, 5) is 0. The minimum Gasteiger partial charge on any atom is -0.470 e. The number of hydrogen-bond donors (Lipinski definition) is 1. The van der Waals surface area contributed by atoms with Gasteiger partial charge in [0, 0.05) is 6.20 Å². The molecule has 7 heteroatoms. The molecule has 0 saturated heterocycles. The lowest BCUT2D eigenvalue weighted by molar-refractivity contribution is 0.221. The van der Waals surface area contributed by atoms with Crippen molar-refractivity contribution in [1.82, 2.24) is 9.78 Å². The van der Waals surface area contributed by atoms with Crippen molar-refractivity contribution in [3.8, 4) is 5.75 Å². The van der Waals surface area contributed by atoms with Crippen molar-refractivity contribution in [2.24, 2.45) is 0 Å². The third-order valence-electron chi connectivity index (χ3n) is 1.99. The molecule has 0 radical (unpaired) electrons.